The molecule has 0 fully saturated rings. The fourth-order valence-electron chi connectivity index (χ4n) is 2.24. The van der Waals surface area contributed by atoms with Gasteiger partial charge in [0.05, 0.1) is 11.4 Å². The van der Waals surface area contributed by atoms with E-state index >= 15 is 0 Å². The summed E-state index contributed by atoms with van der Waals surface area (Å²) in [5, 5.41) is 9.40. The number of hydrogen-bond donors (Lipinski definition) is 1. The topological polar surface area (TPSA) is 72.1 Å². The molecule has 108 valence electrons. The summed E-state index contributed by atoms with van der Waals surface area (Å²) in [6.45, 7) is 6.72. The summed E-state index contributed by atoms with van der Waals surface area (Å²) in [6, 6.07) is 0. The van der Waals surface area contributed by atoms with Crippen molar-refractivity contribution in [3.63, 3.8) is 0 Å². The van der Waals surface area contributed by atoms with Crippen molar-refractivity contribution in [1.82, 2.24) is 15.1 Å². The zero-order valence-corrected chi connectivity index (χ0v) is 13.2. The summed E-state index contributed by atoms with van der Waals surface area (Å²) in [7, 11) is 1.77. The molecule has 0 saturated carbocycles. The van der Waals surface area contributed by atoms with Gasteiger partial charge in [-0.2, -0.15) is 5.10 Å². The molecule has 5 nitrogen and oxygen atoms in total. The van der Waals surface area contributed by atoms with Gasteiger partial charge in [0, 0.05) is 19.0 Å². The van der Waals surface area contributed by atoms with Crippen LogP contribution in [0.3, 0.4) is 0 Å². The van der Waals surface area contributed by atoms with Crippen LogP contribution in [0.1, 0.15) is 41.7 Å². The number of fused-ring (bicyclic) bond motifs is 1. The van der Waals surface area contributed by atoms with E-state index < -0.39 is 0 Å². The normalized spacial score (nSPS) is 11.0. The van der Waals surface area contributed by atoms with Crippen LogP contribution < -0.4 is 5.73 Å². The van der Waals surface area contributed by atoms with E-state index in [4.69, 9.17) is 5.73 Å². The van der Waals surface area contributed by atoms with E-state index in [9.17, 15) is 4.79 Å². The van der Waals surface area contributed by atoms with Crippen molar-refractivity contribution in [2.45, 2.75) is 33.6 Å². The van der Waals surface area contributed by atoms with E-state index in [-0.39, 0.29) is 5.91 Å². The van der Waals surface area contributed by atoms with Gasteiger partial charge in [0.2, 0.25) is 0 Å². The second-order valence-corrected chi connectivity index (χ2v) is 5.68. The minimum Gasteiger partial charge on any atom is -0.397 e. The van der Waals surface area contributed by atoms with Crippen LogP contribution >= 0.6 is 11.3 Å². The SMILES string of the molecule is CCc1nnc2sc(C(=O)N(C)CC)c(N)c2c1CC. The molecule has 0 saturated heterocycles. The minimum absolute atomic E-state index is 0.0481. The van der Waals surface area contributed by atoms with Gasteiger partial charge in [0.25, 0.3) is 5.91 Å². The Morgan fingerprint density at radius 3 is 2.50 bits per heavy atom. The van der Waals surface area contributed by atoms with Crippen LogP contribution in [0, 0.1) is 0 Å². The maximum Gasteiger partial charge on any atom is 0.265 e. The number of aromatic nitrogens is 2. The van der Waals surface area contributed by atoms with Crippen LogP contribution in [-0.4, -0.2) is 34.6 Å². The Morgan fingerprint density at radius 2 is 1.95 bits per heavy atom. The van der Waals surface area contributed by atoms with Gasteiger partial charge in [0.15, 0.2) is 0 Å². The molecule has 0 radical (unpaired) electrons. The third-order valence-electron chi connectivity index (χ3n) is 3.54. The van der Waals surface area contributed by atoms with Crippen molar-refractivity contribution in [2.75, 3.05) is 19.3 Å². The number of hydrogen-bond acceptors (Lipinski definition) is 5. The molecule has 1 amide bonds. The molecule has 2 heterocycles. The Morgan fingerprint density at radius 1 is 1.25 bits per heavy atom. The zero-order valence-electron chi connectivity index (χ0n) is 12.4. The summed E-state index contributed by atoms with van der Waals surface area (Å²) in [5.41, 5.74) is 8.86. The van der Waals surface area contributed by atoms with Crippen molar-refractivity contribution in [2.24, 2.45) is 0 Å². The number of amides is 1. The smallest absolute Gasteiger partial charge is 0.265 e. The first-order valence-electron chi connectivity index (χ1n) is 6.86. The second kappa shape index (κ2) is 5.75. The monoisotopic (exact) mass is 292 g/mol. The number of carbonyl (C=O) groups excluding carboxylic acids is 1. The summed E-state index contributed by atoms with van der Waals surface area (Å²) >= 11 is 1.33. The molecule has 0 atom stereocenters. The standard InChI is InChI=1S/C14H20N4OS/c1-5-8-9(6-2)16-17-13-10(8)11(15)12(20-13)14(19)18(4)7-3/h5-7,15H2,1-4H3. The molecular weight excluding hydrogens is 272 g/mol. The van der Waals surface area contributed by atoms with Gasteiger partial charge < -0.3 is 10.6 Å². The molecule has 0 aliphatic heterocycles. The van der Waals surface area contributed by atoms with E-state index in [0.29, 0.717) is 17.1 Å². The molecule has 0 aliphatic carbocycles. The molecule has 0 aliphatic rings. The Bertz CT molecular complexity index is 650. The lowest BCUT2D eigenvalue weighted by Crippen LogP contribution is -2.26. The minimum atomic E-state index is -0.0481. The Kier molecular flexibility index (Phi) is 4.23. The quantitative estimate of drug-likeness (QED) is 0.939. The maximum absolute atomic E-state index is 12.3. The van der Waals surface area contributed by atoms with Crippen molar-refractivity contribution in [1.29, 1.82) is 0 Å². The number of carbonyl (C=O) groups is 1. The predicted molar refractivity (Wildman–Crippen MR) is 83.2 cm³/mol. The third kappa shape index (κ3) is 2.24. The fraction of sp³-hybridized carbons (Fsp3) is 0.500. The third-order valence-corrected chi connectivity index (χ3v) is 4.62. The number of nitrogens with two attached hydrogens (primary N) is 1. The van der Waals surface area contributed by atoms with Crippen molar-refractivity contribution >= 4 is 33.1 Å². The van der Waals surface area contributed by atoms with Crippen molar-refractivity contribution in [3.05, 3.63) is 16.1 Å². The first-order chi connectivity index (χ1) is 9.54. The number of nitrogens with zero attached hydrogens (tertiary/aromatic N) is 3. The molecule has 2 aromatic heterocycles. The van der Waals surface area contributed by atoms with Crippen LogP contribution in [0.15, 0.2) is 0 Å². The van der Waals surface area contributed by atoms with E-state index in [0.717, 1.165) is 34.3 Å². The Labute approximate surface area is 122 Å². The molecule has 2 N–H and O–H groups in total. The lowest BCUT2D eigenvalue weighted by Gasteiger charge is -2.13. The number of aryl methyl sites for hydroxylation is 2. The second-order valence-electron chi connectivity index (χ2n) is 4.68. The van der Waals surface area contributed by atoms with Crippen LogP contribution in [0.5, 0.6) is 0 Å². The Balaban J connectivity index is 2.67. The largest absolute Gasteiger partial charge is 0.397 e. The highest BCUT2D eigenvalue weighted by molar-refractivity contribution is 7.21. The van der Waals surface area contributed by atoms with Crippen molar-refractivity contribution in [3.8, 4) is 0 Å². The Hall–Kier alpha value is -1.69. The van der Waals surface area contributed by atoms with Gasteiger partial charge in [-0.1, -0.05) is 13.8 Å². The first kappa shape index (κ1) is 14.7. The highest BCUT2D eigenvalue weighted by Gasteiger charge is 2.22. The summed E-state index contributed by atoms with van der Waals surface area (Å²) in [5.74, 6) is -0.0481. The van der Waals surface area contributed by atoms with Gasteiger partial charge in [-0.05, 0) is 25.3 Å². The molecule has 0 spiro atoms. The zero-order chi connectivity index (χ0) is 14.9. The highest BCUT2D eigenvalue weighted by atomic mass is 32.1. The molecule has 20 heavy (non-hydrogen) atoms. The average molecular weight is 292 g/mol. The number of nitrogen functional groups attached to an aromatic ring is 1. The van der Waals surface area contributed by atoms with Gasteiger partial charge in [-0.3, -0.25) is 4.79 Å². The van der Waals surface area contributed by atoms with Crippen LogP contribution in [0.25, 0.3) is 10.2 Å². The summed E-state index contributed by atoms with van der Waals surface area (Å²) in [6.07, 6.45) is 1.66. The molecular formula is C14H20N4OS. The number of anilines is 1. The van der Waals surface area contributed by atoms with Crippen molar-refractivity contribution < 1.29 is 4.79 Å². The van der Waals surface area contributed by atoms with Gasteiger partial charge in [-0.15, -0.1) is 16.4 Å². The maximum atomic E-state index is 12.3. The van der Waals surface area contributed by atoms with E-state index in [1.807, 2.05) is 6.92 Å². The van der Waals surface area contributed by atoms with Gasteiger partial charge in [0.1, 0.15) is 9.71 Å². The van der Waals surface area contributed by atoms with E-state index in [1.54, 1.807) is 11.9 Å². The lowest BCUT2D eigenvalue weighted by molar-refractivity contribution is 0.0808. The molecule has 0 bridgehead atoms. The number of rotatable bonds is 4. The van der Waals surface area contributed by atoms with Crippen LogP contribution in [-0.2, 0) is 12.8 Å². The van der Waals surface area contributed by atoms with Gasteiger partial charge in [-0.25, -0.2) is 0 Å². The van der Waals surface area contributed by atoms with E-state index in [1.165, 1.54) is 11.3 Å². The van der Waals surface area contributed by atoms with Crippen LogP contribution in [0.2, 0.25) is 0 Å². The molecule has 2 rings (SSSR count). The van der Waals surface area contributed by atoms with Crippen LogP contribution in [0.4, 0.5) is 5.69 Å². The predicted octanol–water partition coefficient (Wildman–Crippen LogP) is 2.49. The summed E-state index contributed by atoms with van der Waals surface area (Å²) < 4.78 is 0. The first-order valence-corrected chi connectivity index (χ1v) is 7.68. The van der Waals surface area contributed by atoms with Gasteiger partial charge >= 0.3 is 0 Å². The fourth-order valence-corrected chi connectivity index (χ4v) is 3.31. The lowest BCUT2D eigenvalue weighted by atomic mass is 10.1. The van der Waals surface area contributed by atoms with E-state index in [2.05, 4.69) is 24.0 Å². The molecule has 0 aromatic carbocycles. The molecule has 0 unspecified atom stereocenters. The molecule has 6 heteroatoms. The number of thiophene rings is 1. The highest BCUT2D eigenvalue weighted by Crippen LogP contribution is 2.36. The average Bonchev–Trinajstić information content (AvgIpc) is 2.81. The summed E-state index contributed by atoms with van der Waals surface area (Å²) in [4.78, 5) is 15.3. The molecule has 2 aromatic rings.